The Morgan fingerprint density at radius 1 is 1.38 bits per heavy atom. The molecule has 1 atom stereocenters. The van der Waals surface area contributed by atoms with Gasteiger partial charge in [-0.1, -0.05) is 0 Å². The first-order chi connectivity index (χ1) is 10.0. The highest BCUT2D eigenvalue weighted by Crippen LogP contribution is 2.16. The van der Waals surface area contributed by atoms with Crippen LogP contribution in [0, 0.1) is 0 Å². The molecule has 0 aliphatic carbocycles. The minimum Gasteiger partial charge on any atom is -0.357 e. The Balaban J connectivity index is 2.21. The van der Waals surface area contributed by atoms with Crippen molar-refractivity contribution in [3.8, 4) is 0 Å². The second-order valence-corrected chi connectivity index (χ2v) is 5.46. The average Bonchev–Trinajstić information content (AvgIpc) is 2.53. The topological polar surface area (TPSA) is 65.5 Å². The summed E-state index contributed by atoms with van der Waals surface area (Å²) >= 11 is 0. The van der Waals surface area contributed by atoms with Crippen molar-refractivity contribution in [2.45, 2.75) is 25.9 Å². The fraction of sp³-hybridized carbons (Fsp3) is 0.533. The van der Waals surface area contributed by atoms with E-state index in [1.807, 2.05) is 0 Å². The average molecular weight is 290 g/mol. The molecule has 6 heteroatoms. The van der Waals surface area contributed by atoms with Gasteiger partial charge in [-0.3, -0.25) is 19.5 Å². The molecule has 1 aliphatic heterocycles. The van der Waals surface area contributed by atoms with Crippen LogP contribution in [0.2, 0.25) is 0 Å². The highest BCUT2D eigenvalue weighted by Gasteiger charge is 2.35. The third-order valence-corrected chi connectivity index (χ3v) is 3.86. The van der Waals surface area contributed by atoms with Gasteiger partial charge in [0.25, 0.3) is 5.91 Å². The van der Waals surface area contributed by atoms with Gasteiger partial charge in [0.2, 0.25) is 5.91 Å². The Morgan fingerprint density at radius 3 is 2.71 bits per heavy atom. The largest absolute Gasteiger partial charge is 0.357 e. The van der Waals surface area contributed by atoms with Crippen molar-refractivity contribution in [3.05, 3.63) is 30.1 Å². The second kappa shape index (κ2) is 6.67. The Hall–Kier alpha value is -1.95. The summed E-state index contributed by atoms with van der Waals surface area (Å²) in [5, 5.41) is 2.66. The lowest BCUT2D eigenvalue weighted by molar-refractivity contribution is -0.127. The molecule has 1 aromatic rings. The highest BCUT2D eigenvalue weighted by atomic mass is 16.2. The standard InChI is InChI=1S/C15H22N4O2/c1-11(2)18-7-8-19(13(10-18)14(20)16-3)15(21)12-5-4-6-17-9-12/h4-6,9,11,13H,7-8,10H2,1-3H3,(H,16,20). The van der Waals surface area contributed by atoms with Gasteiger partial charge in [-0.15, -0.1) is 0 Å². The number of rotatable bonds is 3. The van der Waals surface area contributed by atoms with E-state index in [-0.39, 0.29) is 11.8 Å². The van der Waals surface area contributed by atoms with E-state index in [1.165, 1.54) is 6.20 Å². The van der Waals surface area contributed by atoms with Crippen molar-refractivity contribution in [3.63, 3.8) is 0 Å². The van der Waals surface area contributed by atoms with Gasteiger partial charge in [0.1, 0.15) is 6.04 Å². The number of nitrogens with zero attached hydrogens (tertiary/aromatic N) is 3. The lowest BCUT2D eigenvalue weighted by atomic mass is 10.1. The molecular weight excluding hydrogens is 268 g/mol. The van der Waals surface area contributed by atoms with Crippen molar-refractivity contribution in [1.82, 2.24) is 20.1 Å². The number of hydrogen-bond acceptors (Lipinski definition) is 4. The van der Waals surface area contributed by atoms with E-state index in [4.69, 9.17) is 0 Å². The van der Waals surface area contributed by atoms with E-state index in [9.17, 15) is 9.59 Å². The third kappa shape index (κ3) is 3.39. The monoisotopic (exact) mass is 290 g/mol. The van der Waals surface area contributed by atoms with Crippen LogP contribution in [0.25, 0.3) is 0 Å². The molecule has 1 aliphatic rings. The summed E-state index contributed by atoms with van der Waals surface area (Å²) in [4.78, 5) is 32.6. The lowest BCUT2D eigenvalue weighted by Gasteiger charge is -2.42. The zero-order chi connectivity index (χ0) is 15.4. The molecule has 1 unspecified atom stereocenters. The van der Waals surface area contributed by atoms with E-state index in [1.54, 1.807) is 30.3 Å². The molecule has 1 N–H and O–H groups in total. The molecule has 1 aromatic heterocycles. The maximum absolute atomic E-state index is 12.6. The fourth-order valence-electron chi connectivity index (χ4n) is 2.56. The molecule has 0 radical (unpaired) electrons. The predicted octanol–water partition coefficient (Wildman–Crippen LogP) is 0.362. The number of amides is 2. The molecule has 1 fully saturated rings. The molecule has 21 heavy (non-hydrogen) atoms. The van der Waals surface area contributed by atoms with Gasteiger partial charge in [0.15, 0.2) is 0 Å². The summed E-state index contributed by atoms with van der Waals surface area (Å²) in [6.07, 6.45) is 3.17. The number of hydrogen-bond donors (Lipinski definition) is 1. The molecule has 1 saturated heterocycles. The first kappa shape index (κ1) is 15.4. The maximum atomic E-state index is 12.6. The smallest absolute Gasteiger partial charge is 0.256 e. The number of likely N-dealkylation sites (N-methyl/N-ethyl adjacent to an activating group) is 1. The minimum atomic E-state index is -0.459. The fourth-order valence-corrected chi connectivity index (χ4v) is 2.56. The van der Waals surface area contributed by atoms with Crippen LogP contribution in [-0.2, 0) is 4.79 Å². The van der Waals surface area contributed by atoms with Gasteiger partial charge >= 0.3 is 0 Å². The number of nitrogens with one attached hydrogen (secondary N) is 1. The van der Waals surface area contributed by atoms with Gasteiger partial charge in [0, 0.05) is 45.1 Å². The molecule has 2 amide bonds. The van der Waals surface area contributed by atoms with Gasteiger partial charge in [-0.25, -0.2) is 0 Å². The van der Waals surface area contributed by atoms with E-state index >= 15 is 0 Å². The summed E-state index contributed by atoms with van der Waals surface area (Å²) < 4.78 is 0. The van der Waals surface area contributed by atoms with Crippen LogP contribution in [0.3, 0.4) is 0 Å². The van der Waals surface area contributed by atoms with E-state index < -0.39 is 6.04 Å². The van der Waals surface area contributed by atoms with Crippen LogP contribution in [0.5, 0.6) is 0 Å². The Labute approximate surface area is 125 Å². The SMILES string of the molecule is CNC(=O)C1CN(C(C)C)CCN1C(=O)c1cccnc1. The van der Waals surface area contributed by atoms with Crippen LogP contribution >= 0.6 is 0 Å². The van der Waals surface area contributed by atoms with Crippen LogP contribution in [0.1, 0.15) is 24.2 Å². The molecule has 0 bridgehead atoms. The summed E-state index contributed by atoms with van der Waals surface area (Å²) in [7, 11) is 1.60. The molecule has 114 valence electrons. The number of aromatic nitrogens is 1. The summed E-state index contributed by atoms with van der Waals surface area (Å²) in [6, 6.07) is 3.35. The number of carbonyl (C=O) groups excluding carboxylic acids is 2. The molecule has 2 heterocycles. The molecule has 0 saturated carbocycles. The third-order valence-electron chi connectivity index (χ3n) is 3.86. The van der Waals surface area contributed by atoms with Gasteiger partial charge in [-0.05, 0) is 26.0 Å². The lowest BCUT2D eigenvalue weighted by Crippen LogP contribution is -2.61. The van der Waals surface area contributed by atoms with Crippen LogP contribution in [-0.4, -0.2) is 65.4 Å². The molecular formula is C15H22N4O2. The van der Waals surface area contributed by atoms with Crippen molar-refractivity contribution >= 4 is 11.8 Å². The van der Waals surface area contributed by atoms with Crippen LogP contribution < -0.4 is 5.32 Å². The Morgan fingerprint density at radius 2 is 2.14 bits per heavy atom. The number of carbonyl (C=O) groups is 2. The van der Waals surface area contributed by atoms with Crippen molar-refractivity contribution < 1.29 is 9.59 Å². The Bertz CT molecular complexity index is 504. The first-order valence-corrected chi connectivity index (χ1v) is 7.21. The van der Waals surface area contributed by atoms with Crippen molar-refractivity contribution in [1.29, 1.82) is 0 Å². The molecule has 6 nitrogen and oxygen atoms in total. The quantitative estimate of drug-likeness (QED) is 0.873. The van der Waals surface area contributed by atoms with Gasteiger partial charge in [-0.2, -0.15) is 0 Å². The molecule has 0 aromatic carbocycles. The maximum Gasteiger partial charge on any atom is 0.256 e. The highest BCUT2D eigenvalue weighted by molar-refractivity contribution is 5.97. The summed E-state index contributed by atoms with van der Waals surface area (Å²) in [6.45, 7) is 6.07. The number of piperazine rings is 1. The molecule has 2 rings (SSSR count). The van der Waals surface area contributed by atoms with Gasteiger partial charge < -0.3 is 10.2 Å². The Kier molecular flexibility index (Phi) is 4.90. The minimum absolute atomic E-state index is 0.127. The number of pyridine rings is 1. The van der Waals surface area contributed by atoms with E-state index in [0.717, 1.165) is 6.54 Å². The first-order valence-electron chi connectivity index (χ1n) is 7.21. The van der Waals surface area contributed by atoms with E-state index in [2.05, 4.69) is 29.0 Å². The summed E-state index contributed by atoms with van der Waals surface area (Å²) in [5.41, 5.74) is 0.518. The zero-order valence-corrected chi connectivity index (χ0v) is 12.7. The van der Waals surface area contributed by atoms with Crippen molar-refractivity contribution in [2.75, 3.05) is 26.7 Å². The van der Waals surface area contributed by atoms with E-state index in [0.29, 0.717) is 24.7 Å². The predicted molar refractivity (Wildman–Crippen MR) is 79.8 cm³/mol. The normalized spacial score (nSPS) is 19.6. The van der Waals surface area contributed by atoms with Crippen LogP contribution in [0.4, 0.5) is 0 Å². The van der Waals surface area contributed by atoms with Crippen molar-refractivity contribution in [2.24, 2.45) is 0 Å². The zero-order valence-electron chi connectivity index (χ0n) is 12.7. The van der Waals surface area contributed by atoms with Crippen LogP contribution in [0.15, 0.2) is 24.5 Å². The molecule has 0 spiro atoms. The van der Waals surface area contributed by atoms with Gasteiger partial charge in [0.05, 0.1) is 5.56 Å². The summed E-state index contributed by atoms with van der Waals surface area (Å²) in [5.74, 6) is -0.266. The second-order valence-electron chi connectivity index (χ2n) is 5.46.